The molecule has 0 aromatic heterocycles. The number of amides is 1. The molecule has 0 aliphatic rings. The summed E-state index contributed by atoms with van der Waals surface area (Å²) in [6.45, 7) is 5.41. The molecular formula is C10H15NO2S. The van der Waals surface area contributed by atoms with Crippen LogP contribution in [0.4, 0.5) is 5.69 Å². The van der Waals surface area contributed by atoms with Crippen molar-refractivity contribution in [3.05, 3.63) is 18.2 Å². The standard InChI is InChI=1S/C8H9NO2S.C2H6/c1-5(10)9-6-2-3-8(12)7(11)4-6;1-2/h2-4,11-12H,1H3,(H,9,10);1-2H3. The van der Waals surface area contributed by atoms with Crippen LogP contribution in [0.1, 0.15) is 20.8 Å². The van der Waals surface area contributed by atoms with Crippen molar-refractivity contribution >= 4 is 24.2 Å². The monoisotopic (exact) mass is 213 g/mol. The van der Waals surface area contributed by atoms with Crippen LogP contribution in [0.25, 0.3) is 0 Å². The van der Waals surface area contributed by atoms with Crippen LogP contribution in [0.2, 0.25) is 0 Å². The van der Waals surface area contributed by atoms with E-state index < -0.39 is 0 Å². The van der Waals surface area contributed by atoms with E-state index in [0.29, 0.717) is 10.6 Å². The second kappa shape index (κ2) is 6.32. The van der Waals surface area contributed by atoms with E-state index in [4.69, 9.17) is 0 Å². The molecule has 0 saturated heterocycles. The van der Waals surface area contributed by atoms with Gasteiger partial charge >= 0.3 is 0 Å². The van der Waals surface area contributed by atoms with E-state index in [1.165, 1.54) is 13.0 Å². The Morgan fingerprint density at radius 3 is 2.43 bits per heavy atom. The summed E-state index contributed by atoms with van der Waals surface area (Å²) in [5, 5.41) is 11.7. The van der Waals surface area contributed by atoms with E-state index in [-0.39, 0.29) is 11.7 Å². The molecule has 4 heteroatoms. The Morgan fingerprint density at radius 1 is 1.43 bits per heavy atom. The average molecular weight is 213 g/mol. The molecule has 0 spiro atoms. The molecule has 0 radical (unpaired) electrons. The Morgan fingerprint density at radius 2 is 2.00 bits per heavy atom. The molecule has 3 nitrogen and oxygen atoms in total. The predicted octanol–water partition coefficient (Wildman–Crippen LogP) is 2.67. The van der Waals surface area contributed by atoms with Crippen molar-refractivity contribution in [1.82, 2.24) is 0 Å². The van der Waals surface area contributed by atoms with Gasteiger partial charge in [-0.1, -0.05) is 13.8 Å². The highest BCUT2D eigenvalue weighted by Crippen LogP contribution is 2.24. The average Bonchev–Trinajstić information content (AvgIpc) is 2.14. The minimum atomic E-state index is -0.165. The maximum atomic E-state index is 10.6. The maximum absolute atomic E-state index is 10.6. The van der Waals surface area contributed by atoms with Crippen LogP contribution in [0.5, 0.6) is 5.75 Å². The van der Waals surface area contributed by atoms with Gasteiger partial charge in [-0.15, -0.1) is 12.6 Å². The molecule has 1 amide bonds. The summed E-state index contributed by atoms with van der Waals surface area (Å²) in [6.07, 6.45) is 0. The van der Waals surface area contributed by atoms with Crippen LogP contribution in [0.3, 0.4) is 0 Å². The molecule has 0 fully saturated rings. The van der Waals surface area contributed by atoms with Crippen molar-refractivity contribution in [1.29, 1.82) is 0 Å². The summed E-state index contributed by atoms with van der Waals surface area (Å²) in [6, 6.07) is 4.73. The first-order valence-corrected chi connectivity index (χ1v) is 4.84. The fraction of sp³-hybridized carbons (Fsp3) is 0.300. The first-order chi connectivity index (χ1) is 6.59. The van der Waals surface area contributed by atoms with Crippen molar-refractivity contribution < 1.29 is 9.90 Å². The van der Waals surface area contributed by atoms with Crippen LogP contribution in [0, 0.1) is 0 Å². The first-order valence-electron chi connectivity index (χ1n) is 4.39. The number of phenolic OH excluding ortho intramolecular Hbond substituents is 1. The number of phenols is 1. The smallest absolute Gasteiger partial charge is 0.221 e. The SMILES string of the molecule is CC.CC(=O)Nc1ccc(S)c(O)c1. The van der Waals surface area contributed by atoms with E-state index in [1.54, 1.807) is 12.1 Å². The van der Waals surface area contributed by atoms with E-state index in [9.17, 15) is 9.90 Å². The molecule has 0 aliphatic heterocycles. The largest absolute Gasteiger partial charge is 0.507 e. The van der Waals surface area contributed by atoms with Gasteiger partial charge in [0.1, 0.15) is 5.75 Å². The van der Waals surface area contributed by atoms with Crippen LogP contribution >= 0.6 is 12.6 Å². The highest BCUT2D eigenvalue weighted by Gasteiger charge is 1.99. The molecule has 0 atom stereocenters. The van der Waals surface area contributed by atoms with Crippen LogP contribution in [-0.4, -0.2) is 11.0 Å². The molecule has 0 aliphatic carbocycles. The number of carbonyl (C=O) groups is 1. The van der Waals surface area contributed by atoms with E-state index >= 15 is 0 Å². The van der Waals surface area contributed by atoms with Gasteiger partial charge in [-0.25, -0.2) is 0 Å². The molecule has 0 saturated carbocycles. The molecule has 78 valence electrons. The summed E-state index contributed by atoms with van der Waals surface area (Å²) in [7, 11) is 0. The van der Waals surface area contributed by atoms with Crippen molar-refractivity contribution in [2.45, 2.75) is 25.7 Å². The Balaban J connectivity index is 0.000000791. The van der Waals surface area contributed by atoms with Gasteiger partial charge in [0, 0.05) is 23.6 Å². The fourth-order valence-electron chi connectivity index (χ4n) is 0.804. The highest BCUT2D eigenvalue weighted by atomic mass is 32.1. The molecule has 1 aromatic rings. The minimum Gasteiger partial charge on any atom is -0.507 e. The van der Waals surface area contributed by atoms with Crippen molar-refractivity contribution in [3.8, 4) is 5.75 Å². The molecular weight excluding hydrogens is 198 g/mol. The maximum Gasteiger partial charge on any atom is 0.221 e. The lowest BCUT2D eigenvalue weighted by molar-refractivity contribution is -0.114. The number of aromatic hydroxyl groups is 1. The Hall–Kier alpha value is -1.16. The number of hydrogen-bond donors (Lipinski definition) is 3. The zero-order chi connectivity index (χ0) is 11.1. The molecule has 1 rings (SSSR count). The fourth-order valence-corrected chi connectivity index (χ4v) is 0.944. The van der Waals surface area contributed by atoms with E-state index in [0.717, 1.165) is 0 Å². The number of benzene rings is 1. The third-order valence-corrected chi connectivity index (χ3v) is 1.67. The normalized spacial score (nSPS) is 8.57. The number of nitrogens with one attached hydrogen (secondary N) is 1. The van der Waals surface area contributed by atoms with Gasteiger partial charge in [0.05, 0.1) is 0 Å². The van der Waals surface area contributed by atoms with E-state index in [1.807, 2.05) is 13.8 Å². The highest BCUT2D eigenvalue weighted by molar-refractivity contribution is 7.80. The van der Waals surface area contributed by atoms with Gasteiger partial charge in [-0.2, -0.15) is 0 Å². The lowest BCUT2D eigenvalue weighted by Crippen LogP contribution is -2.05. The summed E-state index contributed by atoms with van der Waals surface area (Å²) in [4.78, 5) is 11.1. The molecule has 0 unspecified atom stereocenters. The van der Waals surface area contributed by atoms with Crippen LogP contribution < -0.4 is 5.32 Å². The molecule has 0 heterocycles. The van der Waals surface area contributed by atoms with Crippen molar-refractivity contribution in [3.63, 3.8) is 0 Å². The third-order valence-electron chi connectivity index (χ3n) is 1.30. The number of rotatable bonds is 1. The van der Waals surface area contributed by atoms with Crippen LogP contribution in [-0.2, 0) is 4.79 Å². The number of hydrogen-bond acceptors (Lipinski definition) is 3. The summed E-state index contributed by atoms with van der Waals surface area (Å²) >= 11 is 3.97. The van der Waals surface area contributed by atoms with Crippen LogP contribution in [0.15, 0.2) is 23.1 Å². The topological polar surface area (TPSA) is 49.3 Å². The molecule has 1 aromatic carbocycles. The Bertz CT molecular complexity index is 313. The molecule has 2 N–H and O–H groups in total. The molecule has 0 bridgehead atoms. The van der Waals surface area contributed by atoms with Gasteiger partial charge in [0.15, 0.2) is 0 Å². The molecule has 14 heavy (non-hydrogen) atoms. The first kappa shape index (κ1) is 12.8. The lowest BCUT2D eigenvalue weighted by Gasteiger charge is -2.03. The lowest BCUT2D eigenvalue weighted by atomic mass is 10.3. The van der Waals surface area contributed by atoms with Gasteiger partial charge in [-0.05, 0) is 12.1 Å². The second-order valence-corrected chi connectivity index (χ2v) is 2.87. The van der Waals surface area contributed by atoms with E-state index in [2.05, 4.69) is 17.9 Å². The van der Waals surface area contributed by atoms with Gasteiger partial charge in [-0.3, -0.25) is 4.79 Å². The zero-order valence-corrected chi connectivity index (χ0v) is 9.43. The van der Waals surface area contributed by atoms with Crippen molar-refractivity contribution in [2.24, 2.45) is 0 Å². The summed E-state index contributed by atoms with van der Waals surface area (Å²) < 4.78 is 0. The Labute approximate surface area is 89.6 Å². The zero-order valence-electron chi connectivity index (χ0n) is 8.53. The van der Waals surface area contributed by atoms with Gasteiger partial charge in [0.25, 0.3) is 0 Å². The summed E-state index contributed by atoms with van der Waals surface area (Å²) in [5.41, 5.74) is 0.567. The minimum absolute atomic E-state index is 0.0598. The predicted molar refractivity (Wildman–Crippen MR) is 61.0 cm³/mol. The van der Waals surface area contributed by atoms with Gasteiger partial charge < -0.3 is 10.4 Å². The summed E-state index contributed by atoms with van der Waals surface area (Å²) in [5.74, 6) is -0.106. The number of anilines is 1. The van der Waals surface area contributed by atoms with Crippen molar-refractivity contribution in [2.75, 3.05) is 5.32 Å². The second-order valence-electron chi connectivity index (χ2n) is 2.38. The third kappa shape index (κ3) is 4.18. The van der Waals surface area contributed by atoms with Gasteiger partial charge in [0.2, 0.25) is 5.91 Å². The Kier molecular flexibility index (Phi) is 5.79. The number of carbonyl (C=O) groups excluding carboxylic acids is 1. The number of thiol groups is 1. The quantitative estimate of drug-likeness (QED) is 0.628.